The molecule has 9 heavy (non-hydrogen) atoms. The van der Waals surface area contributed by atoms with E-state index in [2.05, 4.69) is 20.1 Å². The molecule has 0 saturated carbocycles. The molecule has 0 aliphatic carbocycles. The predicted molar refractivity (Wildman–Crippen MR) is 50.0 cm³/mol. The van der Waals surface area contributed by atoms with Crippen LogP contribution >= 0.6 is 21.6 Å². The molecule has 0 heterocycles. The van der Waals surface area contributed by atoms with Crippen LogP contribution in [0.15, 0.2) is 0 Å². The Hall–Kier alpha value is 0.700. The van der Waals surface area contributed by atoms with E-state index in [1.807, 2.05) is 21.6 Å². The van der Waals surface area contributed by atoms with Crippen molar-refractivity contribution >= 4 is 21.6 Å². The lowest BCUT2D eigenvalue weighted by Gasteiger charge is -2.06. The molecule has 0 spiro atoms. The van der Waals surface area contributed by atoms with Gasteiger partial charge < -0.3 is 0 Å². The normalized spacial score (nSPS) is 13.7. The Kier molecular flexibility index (Phi) is 7.34. The third-order valence-corrected chi connectivity index (χ3v) is 3.31. The van der Waals surface area contributed by atoms with Crippen LogP contribution in [0.2, 0.25) is 0 Å². The maximum absolute atomic E-state index is 2.33. The van der Waals surface area contributed by atoms with Crippen molar-refractivity contribution < 1.29 is 0 Å². The second kappa shape index (κ2) is 6.81. The van der Waals surface area contributed by atoms with Gasteiger partial charge in [0.15, 0.2) is 0 Å². The van der Waals surface area contributed by atoms with E-state index in [9.17, 15) is 0 Å². The van der Waals surface area contributed by atoms with Crippen LogP contribution in [0.4, 0.5) is 0 Å². The summed E-state index contributed by atoms with van der Waals surface area (Å²) in [6.07, 6.45) is 4.85. The van der Waals surface area contributed by atoms with Gasteiger partial charge in [0, 0.05) is 5.75 Å². The second-order valence-electron chi connectivity index (χ2n) is 2.35. The Labute approximate surface area is 66.6 Å². The quantitative estimate of drug-likeness (QED) is 0.571. The molecule has 2 heteroatoms. The van der Waals surface area contributed by atoms with E-state index in [0.29, 0.717) is 0 Å². The molecule has 0 aliphatic rings. The first-order chi connectivity index (χ1) is 4.31. The summed E-state index contributed by atoms with van der Waals surface area (Å²) in [5.74, 6) is 2.22. The SMILES string of the molecule is CCCC(C)CSSC. The number of hydrogen-bond donors (Lipinski definition) is 0. The van der Waals surface area contributed by atoms with Crippen LogP contribution in [0.3, 0.4) is 0 Å². The van der Waals surface area contributed by atoms with Crippen LogP contribution in [0.5, 0.6) is 0 Å². The first kappa shape index (κ1) is 9.70. The minimum absolute atomic E-state index is 0.910. The fourth-order valence-electron chi connectivity index (χ4n) is 0.760. The van der Waals surface area contributed by atoms with Gasteiger partial charge in [-0.3, -0.25) is 0 Å². The second-order valence-corrected chi connectivity index (χ2v) is 4.95. The van der Waals surface area contributed by atoms with Gasteiger partial charge >= 0.3 is 0 Å². The van der Waals surface area contributed by atoms with Crippen molar-refractivity contribution in [3.63, 3.8) is 0 Å². The van der Waals surface area contributed by atoms with Crippen molar-refractivity contribution in [2.75, 3.05) is 12.0 Å². The summed E-state index contributed by atoms with van der Waals surface area (Å²) in [5.41, 5.74) is 0. The third kappa shape index (κ3) is 6.59. The van der Waals surface area contributed by atoms with Crippen LogP contribution < -0.4 is 0 Å². The van der Waals surface area contributed by atoms with Gasteiger partial charge in [0.2, 0.25) is 0 Å². The molecular weight excluding hydrogens is 148 g/mol. The molecule has 0 rings (SSSR count). The molecule has 56 valence electrons. The van der Waals surface area contributed by atoms with Crippen molar-refractivity contribution in [2.24, 2.45) is 5.92 Å². The van der Waals surface area contributed by atoms with Crippen molar-refractivity contribution in [1.29, 1.82) is 0 Å². The highest BCUT2D eigenvalue weighted by molar-refractivity contribution is 8.76. The predicted octanol–water partition coefficient (Wildman–Crippen LogP) is 3.43. The standard InChI is InChI=1S/C7H16S2/c1-4-5-7(2)6-9-8-3/h7H,4-6H2,1-3H3. The van der Waals surface area contributed by atoms with E-state index >= 15 is 0 Å². The van der Waals surface area contributed by atoms with Crippen LogP contribution in [-0.2, 0) is 0 Å². The fraction of sp³-hybridized carbons (Fsp3) is 1.00. The van der Waals surface area contributed by atoms with E-state index in [1.54, 1.807) is 0 Å². The summed E-state index contributed by atoms with van der Waals surface area (Å²) < 4.78 is 0. The zero-order valence-corrected chi connectivity index (χ0v) is 8.15. The van der Waals surface area contributed by atoms with Crippen LogP contribution in [0.25, 0.3) is 0 Å². The number of hydrogen-bond acceptors (Lipinski definition) is 2. The van der Waals surface area contributed by atoms with Gasteiger partial charge in [0.25, 0.3) is 0 Å². The van der Waals surface area contributed by atoms with Gasteiger partial charge in [0.1, 0.15) is 0 Å². The molecular formula is C7H16S2. The van der Waals surface area contributed by atoms with Gasteiger partial charge in [-0.1, -0.05) is 48.3 Å². The molecule has 1 atom stereocenters. The molecule has 0 radical (unpaired) electrons. The molecule has 0 N–H and O–H groups in total. The van der Waals surface area contributed by atoms with Gasteiger partial charge in [0.05, 0.1) is 0 Å². The van der Waals surface area contributed by atoms with Crippen LogP contribution in [0.1, 0.15) is 26.7 Å². The van der Waals surface area contributed by atoms with Crippen molar-refractivity contribution in [3.8, 4) is 0 Å². The van der Waals surface area contributed by atoms with E-state index in [0.717, 1.165) is 5.92 Å². The first-order valence-electron chi connectivity index (χ1n) is 3.46. The van der Waals surface area contributed by atoms with Gasteiger partial charge in [-0.2, -0.15) is 0 Å². The van der Waals surface area contributed by atoms with Gasteiger partial charge in [-0.05, 0) is 12.2 Å². The first-order valence-corrected chi connectivity index (χ1v) is 6.19. The Morgan fingerprint density at radius 1 is 1.44 bits per heavy atom. The number of rotatable bonds is 5. The summed E-state index contributed by atoms with van der Waals surface area (Å²) in [7, 11) is 3.85. The molecule has 0 saturated heterocycles. The Morgan fingerprint density at radius 3 is 2.56 bits per heavy atom. The molecule has 0 amide bonds. The lowest BCUT2D eigenvalue weighted by atomic mass is 10.1. The molecule has 1 unspecified atom stereocenters. The molecule has 0 aromatic heterocycles. The molecule has 0 aliphatic heterocycles. The monoisotopic (exact) mass is 164 g/mol. The molecule has 0 nitrogen and oxygen atoms in total. The molecule has 0 fully saturated rings. The maximum Gasteiger partial charge on any atom is 0.00625 e. The van der Waals surface area contributed by atoms with E-state index in [1.165, 1.54) is 18.6 Å². The zero-order valence-electron chi connectivity index (χ0n) is 6.52. The lowest BCUT2D eigenvalue weighted by molar-refractivity contribution is 0.586. The maximum atomic E-state index is 2.33. The van der Waals surface area contributed by atoms with Crippen molar-refractivity contribution in [3.05, 3.63) is 0 Å². The summed E-state index contributed by atoms with van der Waals surface area (Å²) in [4.78, 5) is 0. The Balaban J connectivity index is 2.95. The fourth-order valence-corrected chi connectivity index (χ4v) is 2.40. The topological polar surface area (TPSA) is 0 Å². The van der Waals surface area contributed by atoms with Crippen molar-refractivity contribution in [1.82, 2.24) is 0 Å². The molecule has 0 aromatic carbocycles. The van der Waals surface area contributed by atoms with E-state index < -0.39 is 0 Å². The van der Waals surface area contributed by atoms with Crippen LogP contribution in [0, 0.1) is 5.92 Å². The summed E-state index contributed by atoms with van der Waals surface area (Å²) in [6.45, 7) is 4.58. The lowest BCUT2D eigenvalue weighted by Crippen LogP contribution is -1.95. The highest BCUT2D eigenvalue weighted by atomic mass is 33.1. The smallest absolute Gasteiger partial charge is 0.00625 e. The zero-order chi connectivity index (χ0) is 7.11. The summed E-state index contributed by atoms with van der Waals surface area (Å²) >= 11 is 0. The summed E-state index contributed by atoms with van der Waals surface area (Å²) in [6, 6.07) is 0. The average Bonchev–Trinajstić information content (AvgIpc) is 1.85. The molecule has 0 bridgehead atoms. The van der Waals surface area contributed by atoms with Gasteiger partial charge in [-0.15, -0.1) is 0 Å². The highest BCUT2D eigenvalue weighted by Gasteiger charge is 1.98. The largest absolute Gasteiger partial charge is 0.0976 e. The molecule has 0 aromatic rings. The summed E-state index contributed by atoms with van der Waals surface area (Å²) in [5, 5.41) is 0. The highest BCUT2D eigenvalue weighted by Crippen LogP contribution is 2.22. The Bertz CT molecular complexity index is 54.9. The van der Waals surface area contributed by atoms with Crippen LogP contribution in [-0.4, -0.2) is 12.0 Å². The van der Waals surface area contributed by atoms with Gasteiger partial charge in [-0.25, -0.2) is 0 Å². The third-order valence-electron chi connectivity index (χ3n) is 1.25. The van der Waals surface area contributed by atoms with E-state index in [4.69, 9.17) is 0 Å². The Morgan fingerprint density at radius 2 is 2.11 bits per heavy atom. The minimum Gasteiger partial charge on any atom is -0.0976 e. The van der Waals surface area contributed by atoms with E-state index in [-0.39, 0.29) is 0 Å². The minimum atomic E-state index is 0.910. The van der Waals surface area contributed by atoms with Crippen molar-refractivity contribution in [2.45, 2.75) is 26.7 Å². The average molecular weight is 164 g/mol.